The second-order valence-corrected chi connectivity index (χ2v) is 8.81. The van der Waals surface area contributed by atoms with Gasteiger partial charge in [-0.15, -0.1) is 0 Å². The number of hydrogen-bond acceptors (Lipinski definition) is 3. The van der Waals surface area contributed by atoms with E-state index >= 15 is 0 Å². The smallest absolute Gasteiger partial charge is 0.251 e. The Morgan fingerprint density at radius 2 is 1.47 bits per heavy atom. The molecule has 6 heteroatoms. The maximum Gasteiger partial charge on any atom is 0.251 e. The van der Waals surface area contributed by atoms with E-state index in [1.807, 2.05) is 54.6 Å². The number of amides is 1. The zero-order chi connectivity index (χ0) is 23.7. The van der Waals surface area contributed by atoms with Crippen molar-refractivity contribution in [2.24, 2.45) is 0 Å². The van der Waals surface area contributed by atoms with E-state index in [2.05, 4.69) is 5.32 Å². The molecule has 0 spiro atoms. The Balaban J connectivity index is 1.53. The maximum atomic E-state index is 13.5. The van der Waals surface area contributed by atoms with Gasteiger partial charge in [-0.05, 0) is 47.5 Å². The molecule has 2 unspecified atom stereocenters. The number of ketones is 1. The number of carbonyl (C=O) groups excluding carboxylic acids is 2. The summed E-state index contributed by atoms with van der Waals surface area (Å²) in [6, 6.07) is 28.5. The van der Waals surface area contributed by atoms with Crippen LogP contribution in [0.1, 0.15) is 32.3 Å². The summed E-state index contributed by atoms with van der Waals surface area (Å²) in [6.07, 6.45) is -0.979. The molecule has 4 aromatic carbocycles. The standard InChI is InChI=1S/C28H19Cl2NO3/c29-20-12-14-21(23(30)16-20)26(32)27-25(31-28(33)18-9-5-2-6-10-18)22-13-11-19(15-24(22)34-27)17-7-3-1-4-8-17/h1-16,25,27H,(H,31,33). The lowest BCUT2D eigenvalue weighted by Crippen LogP contribution is -2.40. The van der Waals surface area contributed by atoms with Gasteiger partial charge in [-0.3, -0.25) is 9.59 Å². The molecule has 34 heavy (non-hydrogen) atoms. The molecule has 2 atom stereocenters. The Bertz CT molecular complexity index is 1370. The summed E-state index contributed by atoms with van der Waals surface area (Å²) in [4.78, 5) is 26.5. The Kier molecular flexibility index (Phi) is 6.10. The molecule has 0 saturated heterocycles. The minimum absolute atomic E-state index is 0.232. The highest BCUT2D eigenvalue weighted by molar-refractivity contribution is 6.37. The molecule has 4 aromatic rings. The van der Waals surface area contributed by atoms with Gasteiger partial charge in [0.25, 0.3) is 5.91 Å². The topological polar surface area (TPSA) is 55.4 Å². The number of halogens is 2. The molecule has 1 amide bonds. The average molecular weight is 488 g/mol. The number of ether oxygens (including phenoxy) is 1. The second kappa shape index (κ2) is 9.34. The van der Waals surface area contributed by atoms with Gasteiger partial charge in [-0.25, -0.2) is 0 Å². The van der Waals surface area contributed by atoms with Crippen molar-refractivity contribution in [3.63, 3.8) is 0 Å². The maximum absolute atomic E-state index is 13.5. The van der Waals surface area contributed by atoms with E-state index in [0.717, 1.165) is 16.7 Å². The van der Waals surface area contributed by atoms with E-state index in [4.69, 9.17) is 27.9 Å². The number of carbonyl (C=O) groups is 2. The van der Waals surface area contributed by atoms with Crippen LogP contribution in [-0.2, 0) is 0 Å². The van der Waals surface area contributed by atoms with Gasteiger partial charge in [0.2, 0.25) is 5.78 Å². The van der Waals surface area contributed by atoms with Gasteiger partial charge < -0.3 is 10.1 Å². The molecule has 1 N–H and O–H groups in total. The summed E-state index contributed by atoms with van der Waals surface area (Å²) in [7, 11) is 0. The van der Waals surface area contributed by atoms with Crippen LogP contribution in [0, 0.1) is 0 Å². The van der Waals surface area contributed by atoms with Crippen LogP contribution in [0.4, 0.5) is 0 Å². The summed E-state index contributed by atoms with van der Waals surface area (Å²) >= 11 is 12.3. The van der Waals surface area contributed by atoms with Gasteiger partial charge in [0.15, 0.2) is 6.10 Å². The van der Waals surface area contributed by atoms with Crippen LogP contribution in [0.3, 0.4) is 0 Å². The third kappa shape index (κ3) is 4.30. The van der Waals surface area contributed by atoms with E-state index < -0.39 is 12.1 Å². The first-order valence-electron chi connectivity index (χ1n) is 10.7. The van der Waals surface area contributed by atoms with Crippen LogP contribution in [0.5, 0.6) is 5.75 Å². The predicted octanol–water partition coefficient (Wildman–Crippen LogP) is 6.78. The summed E-state index contributed by atoms with van der Waals surface area (Å²) < 4.78 is 6.16. The molecule has 0 aliphatic carbocycles. The second-order valence-electron chi connectivity index (χ2n) is 7.96. The Morgan fingerprint density at radius 3 is 2.18 bits per heavy atom. The van der Waals surface area contributed by atoms with Gasteiger partial charge in [-0.2, -0.15) is 0 Å². The number of fused-ring (bicyclic) bond motifs is 1. The first kappa shape index (κ1) is 22.2. The monoisotopic (exact) mass is 487 g/mol. The highest BCUT2D eigenvalue weighted by Gasteiger charge is 2.41. The predicted molar refractivity (Wildman–Crippen MR) is 134 cm³/mol. The number of Topliss-reactive ketones (excluding diaryl/α,β-unsaturated/α-hetero) is 1. The van der Waals surface area contributed by atoms with Gasteiger partial charge in [0.05, 0.1) is 5.02 Å². The highest BCUT2D eigenvalue weighted by atomic mass is 35.5. The van der Waals surface area contributed by atoms with E-state index in [1.54, 1.807) is 36.4 Å². The first-order valence-corrected chi connectivity index (χ1v) is 11.5. The molecule has 1 heterocycles. The largest absolute Gasteiger partial charge is 0.479 e. The van der Waals surface area contributed by atoms with Crippen LogP contribution < -0.4 is 10.1 Å². The average Bonchev–Trinajstić information content (AvgIpc) is 3.22. The van der Waals surface area contributed by atoms with Crippen LogP contribution in [0.15, 0.2) is 97.1 Å². The van der Waals surface area contributed by atoms with Crippen molar-refractivity contribution in [1.29, 1.82) is 0 Å². The van der Waals surface area contributed by atoms with Gasteiger partial charge in [-0.1, -0.05) is 83.9 Å². The first-order chi connectivity index (χ1) is 16.5. The normalized spacial score (nSPS) is 16.4. The molecular formula is C28H19Cl2NO3. The Labute approximate surface area is 207 Å². The minimum Gasteiger partial charge on any atom is -0.479 e. The van der Waals surface area contributed by atoms with Crippen LogP contribution in [-0.4, -0.2) is 17.8 Å². The Hall–Kier alpha value is -3.60. The molecule has 5 rings (SSSR count). The minimum atomic E-state index is -0.979. The lowest BCUT2D eigenvalue weighted by atomic mass is 9.95. The van der Waals surface area contributed by atoms with Crippen molar-refractivity contribution in [2.75, 3.05) is 0 Å². The zero-order valence-corrected chi connectivity index (χ0v) is 19.4. The lowest BCUT2D eigenvalue weighted by molar-refractivity contribution is 0.0748. The summed E-state index contributed by atoms with van der Waals surface area (Å²) in [5.41, 5.74) is 3.48. The van der Waals surface area contributed by atoms with Gasteiger partial charge in [0, 0.05) is 21.7 Å². The molecule has 0 aromatic heterocycles. The summed E-state index contributed by atoms with van der Waals surface area (Å²) in [5.74, 6) is -0.0881. The van der Waals surface area contributed by atoms with Crippen molar-refractivity contribution < 1.29 is 14.3 Å². The van der Waals surface area contributed by atoms with E-state index in [0.29, 0.717) is 16.3 Å². The summed E-state index contributed by atoms with van der Waals surface area (Å²) in [5, 5.41) is 3.65. The molecule has 0 bridgehead atoms. The van der Waals surface area contributed by atoms with Crippen LogP contribution in [0.25, 0.3) is 11.1 Å². The van der Waals surface area contributed by atoms with Gasteiger partial charge >= 0.3 is 0 Å². The van der Waals surface area contributed by atoms with Crippen molar-refractivity contribution in [1.82, 2.24) is 5.32 Å². The van der Waals surface area contributed by atoms with Crippen LogP contribution >= 0.6 is 23.2 Å². The lowest BCUT2D eigenvalue weighted by Gasteiger charge is -2.20. The quantitative estimate of drug-likeness (QED) is 0.315. The fourth-order valence-corrected chi connectivity index (χ4v) is 4.59. The molecule has 0 saturated carbocycles. The third-order valence-corrected chi connectivity index (χ3v) is 6.34. The van der Waals surface area contributed by atoms with Crippen LogP contribution in [0.2, 0.25) is 10.0 Å². The SMILES string of the molecule is O=C(NC1c2ccc(-c3ccccc3)cc2OC1C(=O)c1ccc(Cl)cc1Cl)c1ccccc1. The summed E-state index contributed by atoms with van der Waals surface area (Å²) in [6.45, 7) is 0. The van der Waals surface area contributed by atoms with Crippen molar-refractivity contribution in [2.45, 2.75) is 12.1 Å². The van der Waals surface area contributed by atoms with Gasteiger partial charge in [0.1, 0.15) is 11.8 Å². The molecule has 168 valence electrons. The van der Waals surface area contributed by atoms with Crippen molar-refractivity contribution in [3.05, 3.63) is 124 Å². The van der Waals surface area contributed by atoms with E-state index in [9.17, 15) is 9.59 Å². The van der Waals surface area contributed by atoms with Crippen molar-refractivity contribution >= 4 is 34.9 Å². The highest BCUT2D eigenvalue weighted by Crippen LogP contribution is 2.41. The third-order valence-electron chi connectivity index (χ3n) is 5.79. The molecule has 1 aliphatic heterocycles. The molecule has 0 fully saturated rings. The van der Waals surface area contributed by atoms with E-state index in [1.165, 1.54) is 6.07 Å². The number of benzene rings is 4. The number of nitrogens with one attached hydrogen (secondary N) is 1. The zero-order valence-electron chi connectivity index (χ0n) is 17.9. The van der Waals surface area contributed by atoms with Crippen molar-refractivity contribution in [3.8, 4) is 16.9 Å². The Morgan fingerprint density at radius 1 is 0.765 bits per heavy atom. The number of hydrogen-bond donors (Lipinski definition) is 1. The number of rotatable bonds is 5. The molecule has 1 aliphatic rings. The fraction of sp³-hybridized carbons (Fsp3) is 0.0714. The van der Waals surface area contributed by atoms with E-state index in [-0.39, 0.29) is 22.3 Å². The fourth-order valence-electron chi connectivity index (χ4n) is 4.09. The molecule has 0 radical (unpaired) electrons. The molecular weight excluding hydrogens is 469 g/mol. The molecule has 4 nitrogen and oxygen atoms in total.